The number of hydrogen-bond donors (Lipinski definition) is 1. The lowest BCUT2D eigenvalue weighted by Gasteiger charge is -2.19. The lowest BCUT2D eigenvalue weighted by molar-refractivity contribution is 0.513. The molecule has 0 aliphatic rings. The highest BCUT2D eigenvalue weighted by atomic mass is 19.1. The molecule has 0 fully saturated rings. The smallest absolute Gasteiger partial charge is 0.123 e. The van der Waals surface area contributed by atoms with Crippen LogP contribution >= 0.6 is 0 Å². The molecule has 1 N–H and O–H groups in total. The Morgan fingerprint density at radius 3 is 2.40 bits per heavy atom. The van der Waals surface area contributed by atoms with E-state index in [1.807, 2.05) is 12.1 Å². The number of hydrogen-bond acceptors (Lipinski definition) is 1. The van der Waals surface area contributed by atoms with Gasteiger partial charge in [-0.05, 0) is 55.1 Å². The molecule has 0 saturated carbocycles. The van der Waals surface area contributed by atoms with Gasteiger partial charge in [0.2, 0.25) is 0 Å². The van der Waals surface area contributed by atoms with Gasteiger partial charge in [0, 0.05) is 6.04 Å². The summed E-state index contributed by atoms with van der Waals surface area (Å²) in [4.78, 5) is 0. The van der Waals surface area contributed by atoms with E-state index in [0.29, 0.717) is 0 Å². The van der Waals surface area contributed by atoms with E-state index in [1.165, 1.54) is 23.3 Å². The normalized spacial score (nSPS) is 12.3. The van der Waals surface area contributed by atoms with Crippen LogP contribution < -0.4 is 5.32 Å². The van der Waals surface area contributed by atoms with Crippen molar-refractivity contribution in [3.8, 4) is 0 Å². The molecule has 1 atom stereocenters. The summed E-state index contributed by atoms with van der Waals surface area (Å²) in [7, 11) is 0. The van der Waals surface area contributed by atoms with Crippen LogP contribution in [-0.2, 0) is 6.42 Å². The van der Waals surface area contributed by atoms with E-state index in [1.54, 1.807) is 0 Å². The molecule has 0 saturated heterocycles. The SMILES string of the molecule is CCNC(CCc1ccccc1C)c1ccc(F)cc1. The van der Waals surface area contributed by atoms with Crippen LogP contribution in [0.25, 0.3) is 0 Å². The Bertz CT molecular complexity index is 533. The zero-order chi connectivity index (χ0) is 14.4. The van der Waals surface area contributed by atoms with Gasteiger partial charge in [0.05, 0.1) is 0 Å². The molecule has 0 radical (unpaired) electrons. The van der Waals surface area contributed by atoms with E-state index in [9.17, 15) is 4.39 Å². The average molecular weight is 271 g/mol. The standard InChI is InChI=1S/C18H22FN/c1-3-20-18(16-8-11-17(19)12-9-16)13-10-15-7-5-4-6-14(15)2/h4-9,11-12,18,20H,3,10,13H2,1-2H3. The third kappa shape index (κ3) is 3.91. The van der Waals surface area contributed by atoms with Gasteiger partial charge in [-0.1, -0.05) is 43.3 Å². The Morgan fingerprint density at radius 2 is 1.75 bits per heavy atom. The van der Waals surface area contributed by atoms with Crippen LogP contribution in [0, 0.1) is 12.7 Å². The van der Waals surface area contributed by atoms with Crippen LogP contribution in [0.2, 0.25) is 0 Å². The molecule has 106 valence electrons. The Balaban J connectivity index is 2.06. The fourth-order valence-electron chi connectivity index (χ4n) is 2.52. The van der Waals surface area contributed by atoms with E-state index in [4.69, 9.17) is 0 Å². The molecular weight excluding hydrogens is 249 g/mol. The molecule has 0 amide bonds. The van der Waals surface area contributed by atoms with Crippen molar-refractivity contribution in [2.24, 2.45) is 0 Å². The molecule has 0 aromatic heterocycles. The molecule has 0 aliphatic heterocycles. The van der Waals surface area contributed by atoms with Crippen LogP contribution in [-0.4, -0.2) is 6.54 Å². The third-order valence-corrected chi connectivity index (χ3v) is 3.69. The third-order valence-electron chi connectivity index (χ3n) is 3.69. The zero-order valence-electron chi connectivity index (χ0n) is 12.2. The maximum absolute atomic E-state index is 13.0. The van der Waals surface area contributed by atoms with Gasteiger partial charge in [-0.2, -0.15) is 0 Å². The van der Waals surface area contributed by atoms with Gasteiger partial charge in [0.15, 0.2) is 0 Å². The summed E-state index contributed by atoms with van der Waals surface area (Å²) in [5, 5.41) is 3.49. The first kappa shape index (κ1) is 14.7. The number of halogens is 1. The molecule has 0 bridgehead atoms. The Morgan fingerprint density at radius 1 is 1.05 bits per heavy atom. The van der Waals surface area contributed by atoms with Crippen LogP contribution in [0.5, 0.6) is 0 Å². The predicted octanol–water partition coefficient (Wildman–Crippen LogP) is 4.42. The first-order chi connectivity index (χ1) is 9.70. The summed E-state index contributed by atoms with van der Waals surface area (Å²) >= 11 is 0. The summed E-state index contributed by atoms with van der Waals surface area (Å²) < 4.78 is 13.0. The second-order valence-corrected chi connectivity index (χ2v) is 5.13. The number of aryl methyl sites for hydroxylation is 2. The highest BCUT2D eigenvalue weighted by Gasteiger charge is 2.11. The Kier molecular flexibility index (Phi) is 5.31. The summed E-state index contributed by atoms with van der Waals surface area (Å²) in [5.74, 6) is -0.178. The molecule has 0 aliphatic carbocycles. The second kappa shape index (κ2) is 7.20. The molecular formula is C18H22FN. The van der Waals surface area contributed by atoms with E-state index in [2.05, 4.69) is 43.4 Å². The predicted molar refractivity (Wildman–Crippen MR) is 82.3 cm³/mol. The van der Waals surface area contributed by atoms with Crippen molar-refractivity contribution >= 4 is 0 Å². The van der Waals surface area contributed by atoms with Crippen LogP contribution in [0.3, 0.4) is 0 Å². The van der Waals surface area contributed by atoms with Crippen molar-refractivity contribution in [2.75, 3.05) is 6.54 Å². The second-order valence-electron chi connectivity index (χ2n) is 5.13. The number of rotatable bonds is 6. The van der Waals surface area contributed by atoms with Gasteiger partial charge in [-0.25, -0.2) is 4.39 Å². The summed E-state index contributed by atoms with van der Waals surface area (Å²) in [6, 6.07) is 15.6. The van der Waals surface area contributed by atoms with Crippen molar-refractivity contribution in [3.63, 3.8) is 0 Å². The molecule has 2 rings (SSSR count). The fourth-order valence-corrected chi connectivity index (χ4v) is 2.52. The molecule has 1 nitrogen and oxygen atoms in total. The summed E-state index contributed by atoms with van der Waals surface area (Å²) in [6.45, 7) is 5.16. The van der Waals surface area contributed by atoms with Crippen molar-refractivity contribution < 1.29 is 4.39 Å². The summed E-state index contributed by atoms with van der Waals surface area (Å²) in [6.07, 6.45) is 2.05. The monoisotopic (exact) mass is 271 g/mol. The van der Waals surface area contributed by atoms with Gasteiger partial charge in [0.1, 0.15) is 5.82 Å². The molecule has 2 aromatic rings. The Labute approximate surface area is 120 Å². The molecule has 2 aromatic carbocycles. The van der Waals surface area contributed by atoms with E-state index in [0.717, 1.165) is 24.9 Å². The van der Waals surface area contributed by atoms with Crippen LogP contribution in [0.15, 0.2) is 48.5 Å². The van der Waals surface area contributed by atoms with E-state index < -0.39 is 0 Å². The molecule has 0 spiro atoms. The fraction of sp³-hybridized carbons (Fsp3) is 0.333. The zero-order valence-corrected chi connectivity index (χ0v) is 12.2. The van der Waals surface area contributed by atoms with Crippen molar-refractivity contribution in [3.05, 3.63) is 71.0 Å². The molecule has 0 heterocycles. The topological polar surface area (TPSA) is 12.0 Å². The van der Waals surface area contributed by atoms with E-state index in [-0.39, 0.29) is 11.9 Å². The Hall–Kier alpha value is -1.67. The maximum atomic E-state index is 13.0. The van der Waals surface area contributed by atoms with Gasteiger partial charge >= 0.3 is 0 Å². The molecule has 2 heteroatoms. The van der Waals surface area contributed by atoms with Crippen LogP contribution in [0.4, 0.5) is 4.39 Å². The largest absolute Gasteiger partial charge is 0.310 e. The van der Waals surface area contributed by atoms with Crippen molar-refractivity contribution in [2.45, 2.75) is 32.7 Å². The first-order valence-electron chi connectivity index (χ1n) is 7.24. The van der Waals surface area contributed by atoms with Gasteiger partial charge < -0.3 is 5.32 Å². The van der Waals surface area contributed by atoms with Crippen molar-refractivity contribution in [1.82, 2.24) is 5.32 Å². The first-order valence-corrected chi connectivity index (χ1v) is 7.24. The highest BCUT2D eigenvalue weighted by molar-refractivity contribution is 5.26. The van der Waals surface area contributed by atoms with Gasteiger partial charge in [-0.3, -0.25) is 0 Å². The molecule has 1 unspecified atom stereocenters. The minimum atomic E-state index is -0.178. The van der Waals surface area contributed by atoms with E-state index >= 15 is 0 Å². The molecule has 20 heavy (non-hydrogen) atoms. The minimum absolute atomic E-state index is 0.178. The lowest BCUT2D eigenvalue weighted by Crippen LogP contribution is -2.21. The highest BCUT2D eigenvalue weighted by Crippen LogP contribution is 2.21. The minimum Gasteiger partial charge on any atom is -0.310 e. The lowest BCUT2D eigenvalue weighted by atomic mass is 9.97. The van der Waals surface area contributed by atoms with Crippen molar-refractivity contribution in [1.29, 1.82) is 0 Å². The summed E-state index contributed by atoms with van der Waals surface area (Å²) in [5.41, 5.74) is 3.88. The quantitative estimate of drug-likeness (QED) is 0.820. The number of benzene rings is 2. The van der Waals surface area contributed by atoms with Gasteiger partial charge in [0.25, 0.3) is 0 Å². The number of nitrogens with one attached hydrogen (secondary N) is 1. The van der Waals surface area contributed by atoms with Gasteiger partial charge in [-0.15, -0.1) is 0 Å². The van der Waals surface area contributed by atoms with Crippen LogP contribution in [0.1, 0.15) is 36.1 Å². The average Bonchev–Trinajstić information content (AvgIpc) is 2.46. The maximum Gasteiger partial charge on any atom is 0.123 e.